The van der Waals surface area contributed by atoms with Crippen LogP contribution in [0.4, 0.5) is 0 Å². The van der Waals surface area contributed by atoms with Crippen LogP contribution in [0.15, 0.2) is 27.8 Å². The van der Waals surface area contributed by atoms with Crippen LogP contribution in [0.1, 0.15) is 50.6 Å². The van der Waals surface area contributed by atoms with E-state index in [0.29, 0.717) is 29.2 Å². The van der Waals surface area contributed by atoms with Gasteiger partial charge in [0.1, 0.15) is 5.78 Å². The Morgan fingerprint density at radius 3 is 2.35 bits per heavy atom. The zero-order chi connectivity index (χ0) is 18.0. The molecule has 5 nitrogen and oxygen atoms in total. The minimum atomic E-state index is -0.278. The molecule has 4 fully saturated rings. The summed E-state index contributed by atoms with van der Waals surface area (Å²) in [7, 11) is 0. The molecule has 1 aromatic carbocycles. The smallest absolute Gasteiger partial charge is 0.307 e. The van der Waals surface area contributed by atoms with Gasteiger partial charge in [-0.1, -0.05) is 6.07 Å². The molecule has 4 aliphatic rings. The predicted octanol–water partition coefficient (Wildman–Crippen LogP) is 2.82. The van der Waals surface area contributed by atoms with Gasteiger partial charge in [-0.05, 0) is 80.4 Å². The fourth-order valence-electron chi connectivity index (χ4n) is 6.26. The second-order valence-corrected chi connectivity index (χ2v) is 8.79. The molecule has 1 aromatic heterocycles. The maximum atomic E-state index is 13.3. The molecule has 1 N–H and O–H groups in total. The van der Waals surface area contributed by atoms with Gasteiger partial charge in [0, 0.05) is 12.5 Å². The Labute approximate surface area is 151 Å². The predicted molar refractivity (Wildman–Crippen MR) is 99.3 cm³/mol. The number of H-pyrrole nitrogens is 1. The third-order valence-corrected chi connectivity index (χ3v) is 6.92. The van der Waals surface area contributed by atoms with E-state index in [9.17, 15) is 14.4 Å². The molecule has 2 aromatic rings. The van der Waals surface area contributed by atoms with Crippen molar-refractivity contribution in [3.05, 3.63) is 44.6 Å². The Morgan fingerprint density at radius 1 is 1.08 bits per heavy atom. The molecule has 4 aliphatic carbocycles. The zero-order valence-electron chi connectivity index (χ0n) is 15.0. The second kappa shape index (κ2) is 5.66. The average molecular weight is 352 g/mol. The van der Waals surface area contributed by atoms with Gasteiger partial charge in [-0.25, -0.2) is 4.79 Å². The van der Waals surface area contributed by atoms with Gasteiger partial charge in [0.25, 0.3) is 5.56 Å². The molecule has 5 heteroatoms. The van der Waals surface area contributed by atoms with Gasteiger partial charge in [0.05, 0.1) is 10.9 Å². The molecule has 4 saturated carbocycles. The van der Waals surface area contributed by atoms with Crippen LogP contribution in [0.3, 0.4) is 0 Å². The summed E-state index contributed by atoms with van der Waals surface area (Å²) in [5.74, 6) is 2.58. The average Bonchev–Trinajstić information content (AvgIpc) is 2.56. The van der Waals surface area contributed by atoms with Crippen LogP contribution >= 0.6 is 0 Å². The quantitative estimate of drug-likeness (QED) is 0.923. The first-order valence-corrected chi connectivity index (χ1v) is 9.76. The zero-order valence-corrected chi connectivity index (χ0v) is 15.0. The summed E-state index contributed by atoms with van der Waals surface area (Å²) in [5.41, 5.74) is 0.920. The molecule has 0 unspecified atom stereocenters. The fourth-order valence-corrected chi connectivity index (χ4v) is 6.26. The summed E-state index contributed by atoms with van der Waals surface area (Å²) in [6, 6.07) is 5.38. The summed E-state index contributed by atoms with van der Waals surface area (Å²) in [6.45, 7) is 1.55. The molecule has 0 aliphatic heterocycles. The topological polar surface area (TPSA) is 71.9 Å². The molecule has 26 heavy (non-hydrogen) atoms. The standard InChI is InChI=1S/C21H24N2O3/c1-11(24)4-12-2-3-18-17(10-12)20(25)23(21(26)22-18)19-15-6-13-5-14(8-15)9-16(19)7-13/h2-3,10,13-16,19H,4-9H2,1H3,(H,22,26). The number of carbonyl (C=O) groups excluding carboxylic acids is 1. The first-order valence-electron chi connectivity index (χ1n) is 9.76. The van der Waals surface area contributed by atoms with Crippen molar-refractivity contribution < 1.29 is 4.79 Å². The van der Waals surface area contributed by atoms with Crippen LogP contribution in [-0.4, -0.2) is 15.3 Å². The van der Waals surface area contributed by atoms with E-state index in [4.69, 9.17) is 0 Å². The molecule has 4 bridgehead atoms. The Balaban J connectivity index is 1.64. The van der Waals surface area contributed by atoms with Crippen molar-refractivity contribution >= 4 is 16.7 Å². The van der Waals surface area contributed by atoms with Crippen LogP contribution in [0, 0.1) is 23.7 Å². The minimum Gasteiger partial charge on any atom is -0.307 e. The molecule has 0 saturated heterocycles. The summed E-state index contributed by atoms with van der Waals surface area (Å²) < 4.78 is 1.52. The lowest BCUT2D eigenvalue weighted by atomic mass is 9.54. The van der Waals surface area contributed by atoms with E-state index < -0.39 is 0 Å². The number of hydrogen-bond donors (Lipinski definition) is 1. The fraction of sp³-hybridized carbons (Fsp3) is 0.571. The number of nitrogens with one attached hydrogen (secondary N) is 1. The van der Waals surface area contributed by atoms with Crippen LogP contribution in [0.2, 0.25) is 0 Å². The summed E-state index contributed by atoms with van der Waals surface area (Å²) in [6.07, 6.45) is 6.29. The van der Waals surface area contributed by atoms with Gasteiger partial charge in [0.15, 0.2) is 0 Å². The lowest BCUT2D eigenvalue weighted by Crippen LogP contribution is -2.51. The summed E-state index contributed by atoms with van der Waals surface area (Å²) in [5, 5.41) is 0.525. The number of carbonyl (C=O) groups is 1. The van der Waals surface area contributed by atoms with Gasteiger partial charge in [0.2, 0.25) is 0 Å². The van der Waals surface area contributed by atoms with Crippen molar-refractivity contribution in [2.24, 2.45) is 23.7 Å². The lowest BCUT2D eigenvalue weighted by Gasteiger charge is -2.54. The molecule has 6 rings (SSSR count). The Hall–Kier alpha value is -2.17. The van der Waals surface area contributed by atoms with Crippen molar-refractivity contribution in [1.82, 2.24) is 9.55 Å². The molecule has 0 radical (unpaired) electrons. The number of fused-ring (bicyclic) bond motifs is 1. The van der Waals surface area contributed by atoms with Gasteiger partial charge in [-0.2, -0.15) is 0 Å². The highest BCUT2D eigenvalue weighted by molar-refractivity contribution is 5.82. The van der Waals surface area contributed by atoms with Crippen molar-refractivity contribution in [2.45, 2.75) is 51.5 Å². The molecule has 0 spiro atoms. The van der Waals surface area contributed by atoms with Crippen molar-refractivity contribution in [1.29, 1.82) is 0 Å². The van der Waals surface area contributed by atoms with E-state index >= 15 is 0 Å². The van der Waals surface area contributed by atoms with Gasteiger partial charge in [-0.15, -0.1) is 0 Å². The van der Waals surface area contributed by atoms with E-state index in [0.717, 1.165) is 43.1 Å². The minimum absolute atomic E-state index is 0.0416. The third kappa shape index (κ3) is 2.40. The maximum absolute atomic E-state index is 13.3. The van der Waals surface area contributed by atoms with Crippen molar-refractivity contribution in [2.75, 3.05) is 0 Å². The first kappa shape index (κ1) is 16.0. The number of Topliss-reactive ketones (excluding diaryl/α,β-unsaturated/α-hetero) is 1. The molecule has 136 valence electrons. The van der Waals surface area contributed by atoms with Crippen LogP contribution in [0.25, 0.3) is 10.9 Å². The van der Waals surface area contributed by atoms with E-state index in [1.807, 2.05) is 6.07 Å². The Morgan fingerprint density at radius 2 is 1.73 bits per heavy atom. The molecule has 0 amide bonds. The number of aromatic amines is 1. The molecular weight excluding hydrogens is 328 g/mol. The Kier molecular flexibility index (Phi) is 3.49. The van der Waals surface area contributed by atoms with E-state index in [1.165, 1.54) is 11.0 Å². The molecular formula is C21H24N2O3. The first-order chi connectivity index (χ1) is 12.5. The van der Waals surface area contributed by atoms with E-state index in [-0.39, 0.29) is 23.1 Å². The van der Waals surface area contributed by atoms with E-state index in [2.05, 4.69) is 4.98 Å². The third-order valence-electron chi connectivity index (χ3n) is 6.92. The van der Waals surface area contributed by atoms with E-state index in [1.54, 1.807) is 19.1 Å². The second-order valence-electron chi connectivity index (χ2n) is 8.79. The highest BCUT2D eigenvalue weighted by Gasteiger charge is 2.49. The Bertz CT molecular complexity index is 988. The SMILES string of the molecule is CC(=O)Cc1ccc2[nH]c(=O)n(C3C4CC5CC(C4)CC3C5)c(=O)c2c1. The lowest BCUT2D eigenvalue weighted by molar-refractivity contribution is -0.116. The number of nitrogens with zero attached hydrogens (tertiary/aromatic N) is 1. The molecule has 1 heterocycles. The number of rotatable bonds is 3. The highest BCUT2D eigenvalue weighted by Crippen LogP contribution is 2.57. The molecule has 0 atom stereocenters. The van der Waals surface area contributed by atoms with Gasteiger partial charge in [-0.3, -0.25) is 14.2 Å². The number of ketones is 1. The summed E-state index contributed by atoms with van der Waals surface area (Å²) >= 11 is 0. The largest absolute Gasteiger partial charge is 0.329 e. The highest BCUT2D eigenvalue weighted by atomic mass is 16.2. The maximum Gasteiger partial charge on any atom is 0.329 e. The normalized spacial score (nSPS) is 32.3. The van der Waals surface area contributed by atoms with Crippen molar-refractivity contribution in [3.8, 4) is 0 Å². The number of hydrogen-bond acceptors (Lipinski definition) is 3. The monoisotopic (exact) mass is 352 g/mol. The van der Waals surface area contributed by atoms with Crippen LogP contribution in [-0.2, 0) is 11.2 Å². The van der Waals surface area contributed by atoms with Crippen molar-refractivity contribution in [3.63, 3.8) is 0 Å². The van der Waals surface area contributed by atoms with Crippen LogP contribution in [0.5, 0.6) is 0 Å². The van der Waals surface area contributed by atoms with Crippen LogP contribution < -0.4 is 11.2 Å². The summed E-state index contributed by atoms with van der Waals surface area (Å²) in [4.78, 5) is 40.4. The number of aromatic nitrogens is 2. The van der Waals surface area contributed by atoms with Gasteiger partial charge < -0.3 is 4.98 Å². The van der Waals surface area contributed by atoms with Gasteiger partial charge >= 0.3 is 5.69 Å². The number of benzene rings is 1.